The number of carbonyl (C=O) groups is 1. The Balaban J connectivity index is 1.48. The molecule has 5 nitrogen and oxygen atoms in total. The molecular formula is C15H16N4OS. The number of carbonyl (C=O) groups excluding carboxylic acids is 1. The molecule has 2 heterocycles. The summed E-state index contributed by atoms with van der Waals surface area (Å²) in [5, 5.41) is 5.55. The molecule has 0 radical (unpaired) electrons. The van der Waals surface area contributed by atoms with E-state index in [1.54, 1.807) is 6.20 Å². The van der Waals surface area contributed by atoms with Crippen LogP contribution in [0.2, 0.25) is 0 Å². The highest BCUT2D eigenvalue weighted by Crippen LogP contribution is 2.43. The van der Waals surface area contributed by atoms with Crippen LogP contribution in [0.1, 0.15) is 12.8 Å². The van der Waals surface area contributed by atoms with Crippen LogP contribution >= 0.6 is 11.3 Å². The molecule has 1 amide bonds. The van der Waals surface area contributed by atoms with Crippen molar-refractivity contribution in [3.63, 3.8) is 0 Å². The topological polar surface area (TPSA) is 59.8 Å². The number of hydrogen-bond donors (Lipinski definition) is 1. The highest BCUT2D eigenvalue weighted by molar-refractivity contribution is 7.14. The van der Waals surface area contributed by atoms with Gasteiger partial charge in [0.1, 0.15) is 5.69 Å². The lowest BCUT2D eigenvalue weighted by molar-refractivity contribution is -0.120. The van der Waals surface area contributed by atoms with Crippen molar-refractivity contribution in [1.82, 2.24) is 14.5 Å². The summed E-state index contributed by atoms with van der Waals surface area (Å²) in [6, 6.07) is 0. The van der Waals surface area contributed by atoms with Gasteiger partial charge in [-0.25, -0.2) is 9.97 Å². The fourth-order valence-electron chi connectivity index (χ4n) is 3.33. The van der Waals surface area contributed by atoms with Crippen molar-refractivity contribution in [2.24, 2.45) is 24.8 Å². The van der Waals surface area contributed by atoms with E-state index in [1.165, 1.54) is 11.3 Å². The van der Waals surface area contributed by atoms with Gasteiger partial charge in [-0.05, 0) is 24.7 Å². The molecule has 0 unspecified atom stereocenters. The highest BCUT2D eigenvalue weighted by atomic mass is 32.1. The molecule has 0 spiro atoms. The molecule has 2 aliphatic carbocycles. The first kappa shape index (κ1) is 12.8. The fraction of sp³-hybridized carbons (Fsp3) is 0.400. The van der Waals surface area contributed by atoms with Gasteiger partial charge in [0.05, 0.1) is 0 Å². The number of amides is 1. The first-order chi connectivity index (χ1) is 10.2. The predicted octanol–water partition coefficient (Wildman–Crippen LogP) is 2.69. The minimum atomic E-state index is 0.104. The summed E-state index contributed by atoms with van der Waals surface area (Å²) < 4.78 is 1.92. The average molecular weight is 300 g/mol. The Hall–Kier alpha value is -1.95. The van der Waals surface area contributed by atoms with Gasteiger partial charge in [0.15, 0.2) is 11.0 Å². The number of thiazole rings is 1. The fourth-order valence-corrected chi connectivity index (χ4v) is 4.02. The molecule has 6 heteroatoms. The Labute approximate surface area is 126 Å². The van der Waals surface area contributed by atoms with Crippen molar-refractivity contribution in [2.75, 3.05) is 5.32 Å². The monoisotopic (exact) mass is 300 g/mol. The van der Waals surface area contributed by atoms with Crippen molar-refractivity contribution < 1.29 is 4.79 Å². The van der Waals surface area contributed by atoms with Gasteiger partial charge < -0.3 is 9.88 Å². The first-order valence-corrected chi connectivity index (χ1v) is 8.01. The second-order valence-electron chi connectivity index (χ2n) is 5.78. The maximum atomic E-state index is 12.4. The summed E-state index contributed by atoms with van der Waals surface area (Å²) in [5.41, 5.74) is 0.802. The summed E-state index contributed by atoms with van der Waals surface area (Å²) in [6.07, 6.45) is 10.2. The minimum Gasteiger partial charge on any atom is -0.333 e. The molecule has 1 saturated carbocycles. The van der Waals surface area contributed by atoms with Crippen LogP contribution in [-0.2, 0) is 11.8 Å². The van der Waals surface area contributed by atoms with E-state index in [-0.39, 0.29) is 11.8 Å². The zero-order valence-electron chi connectivity index (χ0n) is 11.7. The minimum absolute atomic E-state index is 0.104. The molecule has 2 bridgehead atoms. The molecule has 3 atom stereocenters. The Kier molecular flexibility index (Phi) is 2.92. The smallest absolute Gasteiger partial charge is 0.229 e. The SMILES string of the molecule is Cn1ccnc1-c1csc(NC(=O)[C@H]2C[C@H]3C=C[C@H]2C3)n1. The molecule has 0 aliphatic heterocycles. The zero-order chi connectivity index (χ0) is 14.4. The normalized spacial score (nSPS) is 26.4. The zero-order valence-corrected chi connectivity index (χ0v) is 12.5. The molecule has 21 heavy (non-hydrogen) atoms. The Morgan fingerprint density at radius 3 is 3.00 bits per heavy atom. The van der Waals surface area contributed by atoms with E-state index >= 15 is 0 Å². The Morgan fingerprint density at radius 2 is 2.33 bits per heavy atom. The van der Waals surface area contributed by atoms with Crippen LogP contribution in [0.3, 0.4) is 0 Å². The van der Waals surface area contributed by atoms with Crippen molar-refractivity contribution in [3.05, 3.63) is 29.9 Å². The van der Waals surface area contributed by atoms with E-state index in [4.69, 9.17) is 0 Å². The summed E-state index contributed by atoms with van der Waals surface area (Å²) in [7, 11) is 1.93. The van der Waals surface area contributed by atoms with Crippen molar-refractivity contribution >= 4 is 22.4 Å². The van der Waals surface area contributed by atoms with Crippen molar-refractivity contribution in [3.8, 4) is 11.5 Å². The maximum Gasteiger partial charge on any atom is 0.229 e. The summed E-state index contributed by atoms with van der Waals surface area (Å²) in [6.45, 7) is 0. The Morgan fingerprint density at radius 1 is 1.43 bits per heavy atom. The van der Waals surface area contributed by atoms with Crippen molar-refractivity contribution in [1.29, 1.82) is 0 Å². The number of nitrogens with one attached hydrogen (secondary N) is 1. The lowest BCUT2D eigenvalue weighted by atomic mass is 9.93. The summed E-state index contributed by atoms with van der Waals surface area (Å²) in [4.78, 5) is 21.1. The molecular weight excluding hydrogens is 284 g/mol. The van der Waals surface area contributed by atoms with Gasteiger partial charge in [0.25, 0.3) is 0 Å². The van der Waals surface area contributed by atoms with Crippen LogP contribution in [0.5, 0.6) is 0 Å². The summed E-state index contributed by atoms with van der Waals surface area (Å²) in [5.74, 6) is 2.05. The van der Waals surface area contributed by atoms with Crippen LogP contribution in [0.15, 0.2) is 29.9 Å². The van der Waals surface area contributed by atoms with E-state index in [2.05, 4.69) is 27.4 Å². The second kappa shape index (κ2) is 4.80. The van der Waals surface area contributed by atoms with Gasteiger partial charge in [-0.2, -0.15) is 0 Å². The number of aromatic nitrogens is 3. The average Bonchev–Trinajstić information content (AvgIpc) is 3.21. The van der Waals surface area contributed by atoms with Gasteiger partial charge >= 0.3 is 0 Å². The third-order valence-corrected chi connectivity index (χ3v) is 5.16. The van der Waals surface area contributed by atoms with Crippen molar-refractivity contribution in [2.45, 2.75) is 12.8 Å². The van der Waals surface area contributed by atoms with Gasteiger partial charge in [-0.15, -0.1) is 11.3 Å². The lowest BCUT2D eigenvalue weighted by Crippen LogP contribution is -2.25. The van der Waals surface area contributed by atoms with Crippen LogP contribution in [0.25, 0.3) is 11.5 Å². The van der Waals surface area contributed by atoms with E-state index in [0.29, 0.717) is 17.0 Å². The maximum absolute atomic E-state index is 12.4. The van der Waals surface area contributed by atoms with Crippen LogP contribution in [0.4, 0.5) is 5.13 Å². The predicted molar refractivity (Wildman–Crippen MR) is 81.8 cm³/mol. The quantitative estimate of drug-likeness (QED) is 0.887. The third kappa shape index (κ3) is 2.19. The number of nitrogens with zero attached hydrogens (tertiary/aromatic N) is 3. The van der Waals surface area contributed by atoms with Crippen LogP contribution in [-0.4, -0.2) is 20.4 Å². The molecule has 2 aromatic heterocycles. The van der Waals surface area contributed by atoms with Crippen LogP contribution in [0, 0.1) is 17.8 Å². The number of fused-ring (bicyclic) bond motifs is 2. The molecule has 4 rings (SSSR count). The number of allylic oxidation sites excluding steroid dienone is 2. The van der Waals surface area contributed by atoms with E-state index in [0.717, 1.165) is 24.4 Å². The largest absolute Gasteiger partial charge is 0.333 e. The summed E-state index contributed by atoms with van der Waals surface area (Å²) >= 11 is 1.45. The number of hydrogen-bond acceptors (Lipinski definition) is 4. The number of anilines is 1. The number of aryl methyl sites for hydroxylation is 1. The molecule has 1 fully saturated rings. The van der Waals surface area contributed by atoms with Gasteiger partial charge in [0.2, 0.25) is 5.91 Å². The van der Waals surface area contributed by atoms with E-state index in [1.807, 2.05) is 23.2 Å². The molecule has 1 N–H and O–H groups in total. The van der Waals surface area contributed by atoms with Crippen LogP contribution < -0.4 is 5.32 Å². The number of imidazole rings is 1. The van der Waals surface area contributed by atoms with Gasteiger partial charge in [-0.1, -0.05) is 12.2 Å². The molecule has 0 saturated heterocycles. The number of rotatable bonds is 3. The first-order valence-electron chi connectivity index (χ1n) is 7.13. The standard InChI is InChI=1S/C15H16N4OS/c1-19-5-4-16-13(19)12-8-21-15(17-12)18-14(20)11-7-9-2-3-10(11)6-9/h2-5,8-11H,6-7H2,1H3,(H,17,18,20)/t9-,10-,11-/m0/s1. The molecule has 108 valence electrons. The molecule has 2 aliphatic rings. The second-order valence-corrected chi connectivity index (χ2v) is 6.63. The van der Waals surface area contributed by atoms with Gasteiger partial charge in [0, 0.05) is 30.7 Å². The Bertz CT molecular complexity index is 717. The molecule has 2 aromatic rings. The highest BCUT2D eigenvalue weighted by Gasteiger charge is 2.39. The van der Waals surface area contributed by atoms with Gasteiger partial charge in [-0.3, -0.25) is 4.79 Å². The third-order valence-electron chi connectivity index (χ3n) is 4.40. The molecule has 0 aromatic carbocycles. The van der Waals surface area contributed by atoms with E-state index in [9.17, 15) is 4.79 Å². The lowest BCUT2D eigenvalue weighted by Gasteiger charge is -2.16. The van der Waals surface area contributed by atoms with E-state index < -0.39 is 0 Å².